The molecule has 0 saturated carbocycles. The lowest BCUT2D eigenvalue weighted by Gasteiger charge is -2.29. The summed E-state index contributed by atoms with van der Waals surface area (Å²) >= 11 is 15.8. The van der Waals surface area contributed by atoms with Crippen molar-refractivity contribution in [3.8, 4) is 20.9 Å². The van der Waals surface area contributed by atoms with Crippen molar-refractivity contribution >= 4 is 138 Å². The van der Waals surface area contributed by atoms with Gasteiger partial charge in [0.15, 0.2) is 0 Å². The Morgan fingerprint density at radius 2 is 0.889 bits per heavy atom. The van der Waals surface area contributed by atoms with E-state index in [0.29, 0.717) is 45.4 Å². The highest BCUT2D eigenvalue weighted by molar-refractivity contribution is 8.27. The van der Waals surface area contributed by atoms with Gasteiger partial charge in [0.1, 0.15) is 21.7 Å². The van der Waals surface area contributed by atoms with Gasteiger partial charge in [-0.15, -0.1) is 22.7 Å². The number of carbonyl (C=O) groups is 6. The average Bonchev–Trinajstić information content (AvgIpc) is 4.23. The number of unbranched alkanes of at least 4 members (excludes halogenated alkanes) is 2. The second kappa shape index (κ2) is 23.1. The number of aliphatic carboxylic acids is 2. The Morgan fingerprint density at radius 3 is 1.22 bits per heavy atom. The van der Waals surface area contributed by atoms with Gasteiger partial charge in [0.2, 0.25) is 0 Å². The molecule has 18 heteroatoms. The number of carboxylic acid groups (broad SMARTS) is 2. The number of amides is 4. The molecule has 0 spiro atoms. The fourth-order valence-corrected chi connectivity index (χ4v) is 13.8. The van der Waals surface area contributed by atoms with Crippen molar-refractivity contribution in [1.82, 2.24) is 19.6 Å². The number of thiocarbonyl (C=S) groups is 2. The van der Waals surface area contributed by atoms with E-state index in [-0.39, 0.29) is 32.3 Å². The van der Waals surface area contributed by atoms with Gasteiger partial charge in [-0.1, -0.05) is 163 Å². The van der Waals surface area contributed by atoms with Crippen molar-refractivity contribution in [3.05, 3.63) is 115 Å². The van der Waals surface area contributed by atoms with Crippen LogP contribution in [0.3, 0.4) is 0 Å². The number of thiophene rings is 2. The van der Waals surface area contributed by atoms with Crippen LogP contribution in [0.2, 0.25) is 0 Å². The molecule has 2 aromatic heterocycles. The Morgan fingerprint density at radius 1 is 0.528 bits per heavy atom. The molecule has 2 N–H and O–H groups in total. The monoisotopic (exact) mass is 1080 g/mol. The van der Waals surface area contributed by atoms with Crippen LogP contribution in [0.5, 0.6) is 0 Å². The van der Waals surface area contributed by atoms with Gasteiger partial charge in [0, 0.05) is 22.8 Å². The SMILES string of the molecule is CCCCC(CC)CN1C(=O)C2=C(c3ccc(-c4ccc(/C=C5/SC(=S)N(CC(=O)O)C5=O)cc4)s3)N(CC(CC)CCCC)C(=O)C2=C1c1ccc(-c2ccc(/C=C3/SC(=S)N(CC(=O)O)C3=O)cc2)s1. The van der Waals surface area contributed by atoms with Gasteiger partial charge in [-0.3, -0.25) is 38.6 Å². The molecule has 4 aliphatic rings. The molecule has 2 atom stereocenters. The minimum absolute atomic E-state index is 0.163. The van der Waals surface area contributed by atoms with Gasteiger partial charge in [-0.05, 0) is 83.3 Å². The molecule has 72 heavy (non-hydrogen) atoms. The van der Waals surface area contributed by atoms with Gasteiger partial charge in [0.25, 0.3) is 23.6 Å². The summed E-state index contributed by atoms with van der Waals surface area (Å²) in [5.41, 5.74) is 5.55. The van der Waals surface area contributed by atoms with Crippen molar-refractivity contribution in [2.75, 3.05) is 26.2 Å². The summed E-state index contributed by atoms with van der Waals surface area (Å²) in [4.78, 5) is 89.4. The summed E-state index contributed by atoms with van der Waals surface area (Å²) < 4.78 is 0.408. The Hall–Kier alpha value is -5.50. The minimum atomic E-state index is -1.14. The maximum atomic E-state index is 15.4. The van der Waals surface area contributed by atoms with E-state index in [1.807, 2.05) is 82.6 Å². The number of carbonyl (C=O) groups excluding carboxylic acids is 4. The molecule has 2 aromatic carbocycles. The van der Waals surface area contributed by atoms with E-state index in [9.17, 15) is 29.4 Å². The van der Waals surface area contributed by atoms with E-state index in [1.54, 1.807) is 12.2 Å². The van der Waals surface area contributed by atoms with Gasteiger partial charge in [0.05, 0.1) is 42.1 Å². The number of thioether (sulfide) groups is 2. The molecule has 0 radical (unpaired) electrons. The van der Waals surface area contributed by atoms with Gasteiger partial charge < -0.3 is 20.0 Å². The number of nitrogens with zero attached hydrogens (tertiary/aromatic N) is 4. The molecule has 4 aliphatic heterocycles. The predicted octanol–water partition coefficient (Wildman–Crippen LogP) is 12.0. The Balaban J connectivity index is 1.16. The van der Waals surface area contributed by atoms with Crippen LogP contribution in [0.4, 0.5) is 0 Å². The van der Waals surface area contributed by atoms with Crippen LogP contribution in [-0.2, 0) is 28.8 Å². The molecule has 374 valence electrons. The normalized spacial score (nSPS) is 18.1. The quantitative estimate of drug-likeness (QED) is 0.0568. The second-order valence-corrected chi connectivity index (χ2v) is 23.5. The number of hydrogen-bond acceptors (Lipinski definition) is 12. The molecular weight excluding hydrogens is 1030 g/mol. The molecular formula is C54H54N4O8S6. The van der Waals surface area contributed by atoms with Crippen LogP contribution >= 0.6 is 70.6 Å². The zero-order chi connectivity index (χ0) is 51.4. The van der Waals surface area contributed by atoms with Crippen LogP contribution in [0.1, 0.15) is 99.9 Å². The lowest BCUT2D eigenvalue weighted by molar-refractivity contribution is -0.140. The number of rotatable bonds is 22. The summed E-state index contributed by atoms with van der Waals surface area (Å²) in [7, 11) is 0. The molecule has 4 aromatic rings. The fourth-order valence-electron chi connectivity index (χ4n) is 9.18. The molecule has 6 heterocycles. The van der Waals surface area contributed by atoms with Crippen LogP contribution in [0.15, 0.2) is 93.8 Å². The van der Waals surface area contributed by atoms with E-state index < -0.39 is 36.8 Å². The fraction of sp³-hybridized carbons (Fsp3) is 0.333. The van der Waals surface area contributed by atoms with Crippen LogP contribution in [0, 0.1) is 11.8 Å². The highest BCUT2D eigenvalue weighted by Gasteiger charge is 2.50. The third-order valence-corrected chi connectivity index (χ3v) is 18.2. The maximum Gasteiger partial charge on any atom is 0.323 e. The lowest BCUT2D eigenvalue weighted by atomic mass is 9.98. The lowest BCUT2D eigenvalue weighted by Crippen LogP contribution is -2.34. The zero-order valence-corrected chi connectivity index (χ0v) is 45.2. The Bertz CT molecular complexity index is 2780. The highest BCUT2D eigenvalue weighted by Crippen LogP contribution is 2.51. The number of benzene rings is 2. The third-order valence-electron chi connectivity index (χ3n) is 13.1. The third kappa shape index (κ3) is 11.2. The van der Waals surface area contributed by atoms with E-state index in [4.69, 9.17) is 24.4 Å². The smallest absolute Gasteiger partial charge is 0.323 e. The molecule has 2 unspecified atom stereocenters. The van der Waals surface area contributed by atoms with Gasteiger partial charge in [-0.25, -0.2) is 0 Å². The van der Waals surface area contributed by atoms with Crippen molar-refractivity contribution in [3.63, 3.8) is 0 Å². The van der Waals surface area contributed by atoms with E-state index >= 15 is 9.59 Å². The molecule has 0 bridgehead atoms. The molecule has 2 saturated heterocycles. The molecule has 0 aliphatic carbocycles. The average molecular weight is 1080 g/mol. The first-order valence-corrected chi connectivity index (χ1v) is 28.2. The minimum Gasteiger partial charge on any atom is -0.480 e. The molecule has 8 rings (SSSR count). The second-order valence-electron chi connectivity index (χ2n) is 18.0. The molecule has 12 nitrogen and oxygen atoms in total. The van der Waals surface area contributed by atoms with Crippen molar-refractivity contribution < 1.29 is 39.0 Å². The van der Waals surface area contributed by atoms with E-state index in [2.05, 4.69) is 27.7 Å². The Kier molecular flexibility index (Phi) is 17.0. The largest absolute Gasteiger partial charge is 0.480 e. The van der Waals surface area contributed by atoms with Crippen molar-refractivity contribution in [2.24, 2.45) is 11.8 Å². The number of fused-ring (bicyclic) bond motifs is 1. The van der Waals surface area contributed by atoms with Crippen LogP contribution in [0.25, 0.3) is 44.4 Å². The van der Waals surface area contributed by atoms with Crippen molar-refractivity contribution in [2.45, 2.75) is 79.1 Å². The highest BCUT2D eigenvalue weighted by atomic mass is 32.2. The summed E-state index contributed by atoms with van der Waals surface area (Å²) in [6, 6.07) is 23.5. The number of carboxylic acids is 2. The van der Waals surface area contributed by atoms with Gasteiger partial charge >= 0.3 is 11.9 Å². The first-order valence-electron chi connectivity index (χ1n) is 24.1. The summed E-state index contributed by atoms with van der Waals surface area (Å²) in [5.74, 6) is -3.03. The number of hydrogen-bond donors (Lipinski definition) is 2. The topological polar surface area (TPSA) is 156 Å². The van der Waals surface area contributed by atoms with Crippen LogP contribution < -0.4 is 0 Å². The predicted molar refractivity (Wildman–Crippen MR) is 298 cm³/mol. The summed E-state index contributed by atoms with van der Waals surface area (Å²) in [5, 5.41) is 18.5. The van der Waals surface area contributed by atoms with E-state index in [1.165, 1.54) is 22.7 Å². The summed E-state index contributed by atoms with van der Waals surface area (Å²) in [6.45, 7) is 8.64. The zero-order valence-electron chi connectivity index (χ0n) is 40.3. The van der Waals surface area contributed by atoms with Crippen molar-refractivity contribution in [1.29, 1.82) is 0 Å². The van der Waals surface area contributed by atoms with E-state index in [0.717, 1.165) is 126 Å². The first kappa shape index (κ1) is 52.8. The van der Waals surface area contributed by atoms with Gasteiger partial charge in [-0.2, -0.15) is 0 Å². The summed E-state index contributed by atoms with van der Waals surface area (Å²) in [6.07, 6.45) is 11.2. The van der Waals surface area contributed by atoms with Crippen LogP contribution in [-0.4, -0.2) is 100 Å². The Labute approximate surface area is 446 Å². The maximum absolute atomic E-state index is 15.4. The first-order chi connectivity index (χ1) is 34.6. The standard InChI is InChI=1S/C54H54N4O8S6/c1-5-9-11-31(7-3)27-55-47(39-23-21-37(69-39)35-17-13-33(14-18-35)25-41-49(63)57(29-43(59)60)53(67)71-41)45-46(51(55)65)48(56(52(45)66)28-32(8-4)12-10-6-2)40-24-22-38(70-40)36-19-15-34(16-20-36)26-42-50(64)58(30-44(61)62)54(68)72-42/h13-26,31-32H,5-12,27-30H2,1-4H3,(H,59,60)(H,61,62)/b41-25+,42-26+. The molecule has 2 fully saturated rings. The molecule has 4 amide bonds.